The van der Waals surface area contributed by atoms with E-state index in [4.69, 9.17) is 0 Å². The van der Waals surface area contributed by atoms with Gasteiger partial charge < -0.3 is 10.2 Å². The summed E-state index contributed by atoms with van der Waals surface area (Å²) >= 11 is 0. The van der Waals surface area contributed by atoms with E-state index in [9.17, 15) is 0 Å². The van der Waals surface area contributed by atoms with Crippen LogP contribution in [0.2, 0.25) is 0 Å². The molecule has 0 unspecified atom stereocenters. The maximum absolute atomic E-state index is 3.35. The number of rotatable bonds is 7. The van der Waals surface area contributed by atoms with Crippen LogP contribution in [-0.2, 0) is 0 Å². The van der Waals surface area contributed by atoms with Gasteiger partial charge in [0.2, 0.25) is 0 Å². The summed E-state index contributed by atoms with van der Waals surface area (Å²) in [5.41, 5.74) is 4.07. The minimum absolute atomic E-state index is 0. The van der Waals surface area contributed by atoms with Crippen LogP contribution < -0.4 is 10.2 Å². The second-order valence-corrected chi connectivity index (χ2v) is 4.52. The van der Waals surface area contributed by atoms with Gasteiger partial charge >= 0.3 is 0 Å². The highest BCUT2D eigenvalue weighted by atomic mass is 19.0. The van der Waals surface area contributed by atoms with E-state index in [0.29, 0.717) is 0 Å². The largest absolute Gasteiger partial charge is 0.370 e. The molecule has 17 heavy (non-hydrogen) atoms. The summed E-state index contributed by atoms with van der Waals surface area (Å²) in [5, 5.41) is 3.35. The Hall–Kier alpha value is -1.25. The first kappa shape index (κ1) is 13.8. The molecular weight excluding hydrogens is 215 g/mol. The zero-order valence-corrected chi connectivity index (χ0v) is 10.8. The monoisotopic (exact) mass is 238 g/mol. The summed E-state index contributed by atoms with van der Waals surface area (Å²) in [6.45, 7) is 6.89. The molecule has 96 valence electrons. The molecule has 0 aromatic heterocycles. The maximum atomic E-state index is 3.35. The van der Waals surface area contributed by atoms with Crippen molar-refractivity contribution in [2.75, 3.05) is 23.3 Å². The number of para-hydroxylation sites is 1. The van der Waals surface area contributed by atoms with Crippen LogP contribution in [0.25, 0.3) is 0 Å². The fourth-order valence-corrected chi connectivity index (χ4v) is 2.06. The number of halogens is 1. The molecule has 0 amide bonds. The Bertz CT molecular complexity index is 344. The maximum Gasteiger partial charge on any atom is 0.0861 e. The van der Waals surface area contributed by atoms with Crippen molar-refractivity contribution >= 4 is 17.1 Å². The van der Waals surface area contributed by atoms with Crippen molar-refractivity contribution in [1.82, 2.24) is 0 Å². The molecule has 1 N–H and O–H groups in total. The fourth-order valence-electron chi connectivity index (χ4n) is 2.06. The summed E-state index contributed by atoms with van der Waals surface area (Å²) in [7, 11) is 0. The van der Waals surface area contributed by atoms with Gasteiger partial charge in [-0.25, -0.2) is 0 Å². The van der Waals surface area contributed by atoms with E-state index >= 15 is 0 Å². The second-order valence-electron chi connectivity index (χ2n) is 4.52. The number of anilines is 3. The topological polar surface area (TPSA) is 25.2 Å². The first-order valence-electron chi connectivity index (χ1n) is 6.51. The average Bonchev–Trinajstić information content (AvgIpc) is 3.08. The van der Waals surface area contributed by atoms with E-state index in [0.717, 1.165) is 0 Å². The number of nitrogens with zero attached hydrogens (tertiary/aromatic N) is 1. The molecule has 1 aromatic rings. The van der Waals surface area contributed by atoms with E-state index in [1.165, 1.54) is 55.8 Å². The molecule has 0 saturated carbocycles. The molecule has 1 aliphatic rings. The van der Waals surface area contributed by atoms with E-state index in [1.54, 1.807) is 0 Å². The molecule has 0 aliphatic carbocycles. The zero-order valence-electron chi connectivity index (χ0n) is 10.8. The van der Waals surface area contributed by atoms with Gasteiger partial charge in [-0.2, -0.15) is 0 Å². The van der Waals surface area contributed by atoms with Gasteiger partial charge in [-0.3, -0.25) is 4.70 Å². The lowest BCUT2D eigenvalue weighted by Crippen LogP contribution is -2.25. The van der Waals surface area contributed by atoms with Gasteiger partial charge in [0.25, 0.3) is 0 Å². The molecule has 2 rings (SSSR count). The Morgan fingerprint density at radius 2 is 1.71 bits per heavy atom. The molecule has 1 aromatic carbocycles. The van der Waals surface area contributed by atoms with Gasteiger partial charge in [0.15, 0.2) is 0 Å². The Balaban J connectivity index is 0.00000144. The van der Waals surface area contributed by atoms with Crippen LogP contribution in [0.1, 0.15) is 39.5 Å². The number of nitrogens with one attached hydrogen (secondary N) is 1. The summed E-state index contributed by atoms with van der Waals surface area (Å²) in [4.78, 5) is 2.53. The minimum atomic E-state index is 0. The molecule has 0 atom stereocenters. The highest BCUT2D eigenvalue weighted by molar-refractivity contribution is 5.99. The quantitative estimate of drug-likeness (QED) is 0.727. The molecule has 1 aliphatic heterocycles. The molecule has 0 fully saturated rings. The van der Waals surface area contributed by atoms with E-state index in [1.807, 2.05) is 0 Å². The Kier molecular flexibility index (Phi) is 5.26. The van der Waals surface area contributed by atoms with Gasteiger partial charge in [0.1, 0.15) is 0 Å². The van der Waals surface area contributed by atoms with Crippen LogP contribution in [0.4, 0.5) is 21.8 Å². The Morgan fingerprint density at radius 3 is 2.29 bits per heavy atom. The van der Waals surface area contributed by atoms with E-state index in [2.05, 4.69) is 42.3 Å². The van der Waals surface area contributed by atoms with Crippen molar-refractivity contribution in [2.45, 2.75) is 39.5 Å². The molecule has 0 bridgehead atoms. The number of fused-ring (bicyclic) bond motifs is 1. The summed E-state index contributed by atoms with van der Waals surface area (Å²) < 4.78 is 0. The Labute approximate surface area is 103 Å². The third-order valence-corrected chi connectivity index (χ3v) is 3.14. The number of benzene rings is 1. The van der Waals surface area contributed by atoms with Crippen LogP contribution in [-0.4, -0.2) is 13.1 Å². The van der Waals surface area contributed by atoms with Crippen LogP contribution >= 0.6 is 0 Å². The van der Waals surface area contributed by atoms with Crippen LogP contribution in [0.3, 0.4) is 0 Å². The SMILES string of the molecule is CCCCN(CCCC)c1cccc2c1N2.F. The highest BCUT2D eigenvalue weighted by Gasteiger charge is 2.22. The fraction of sp³-hybridized carbons (Fsp3) is 0.571. The molecule has 0 radical (unpaired) electrons. The molecule has 2 nitrogen and oxygen atoms in total. The predicted molar refractivity (Wildman–Crippen MR) is 74.3 cm³/mol. The summed E-state index contributed by atoms with van der Waals surface area (Å²) in [6.07, 6.45) is 5.11. The van der Waals surface area contributed by atoms with Gasteiger partial charge in [0.05, 0.1) is 17.1 Å². The first-order chi connectivity index (χ1) is 7.86. The molecular formula is C14H23FN2. The van der Waals surface area contributed by atoms with Gasteiger partial charge in [0, 0.05) is 13.1 Å². The van der Waals surface area contributed by atoms with Gasteiger partial charge in [-0.15, -0.1) is 0 Å². The van der Waals surface area contributed by atoms with Gasteiger partial charge in [-0.1, -0.05) is 32.8 Å². The molecule has 1 heterocycles. The number of unbranched alkanes of at least 4 members (excludes halogenated alkanes) is 2. The minimum Gasteiger partial charge on any atom is -0.370 e. The standard InChI is InChI=1S/C14H22N2.FH/c1-3-5-10-16(11-6-4-2)13-9-7-8-12-14(13)15-12;/h7-9,15H,3-6,10-11H2,1-2H3;1H. The molecule has 0 saturated heterocycles. The molecule has 3 heteroatoms. The number of hydrogen-bond acceptors (Lipinski definition) is 2. The van der Waals surface area contributed by atoms with Crippen LogP contribution in [0.15, 0.2) is 18.2 Å². The normalized spacial score (nSPS) is 11.2. The average molecular weight is 238 g/mol. The van der Waals surface area contributed by atoms with Crippen molar-refractivity contribution in [3.05, 3.63) is 18.2 Å². The Morgan fingerprint density at radius 1 is 1.06 bits per heavy atom. The van der Waals surface area contributed by atoms with Crippen molar-refractivity contribution in [3.8, 4) is 0 Å². The van der Waals surface area contributed by atoms with Crippen molar-refractivity contribution in [1.29, 1.82) is 0 Å². The first-order valence-corrected chi connectivity index (χ1v) is 6.51. The lowest BCUT2D eigenvalue weighted by atomic mass is 10.2. The summed E-state index contributed by atoms with van der Waals surface area (Å²) in [5.74, 6) is 0. The van der Waals surface area contributed by atoms with Crippen molar-refractivity contribution in [3.63, 3.8) is 0 Å². The third-order valence-electron chi connectivity index (χ3n) is 3.14. The van der Waals surface area contributed by atoms with Gasteiger partial charge in [-0.05, 0) is 25.0 Å². The smallest absolute Gasteiger partial charge is 0.0861 e. The van der Waals surface area contributed by atoms with Crippen LogP contribution in [0.5, 0.6) is 0 Å². The lowest BCUT2D eigenvalue weighted by molar-refractivity contribution is 0.679. The number of hydrogen-bond donors (Lipinski definition) is 1. The summed E-state index contributed by atoms with van der Waals surface area (Å²) in [6, 6.07) is 6.54. The van der Waals surface area contributed by atoms with Crippen molar-refractivity contribution in [2.24, 2.45) is 0 Å². The third kappa shape index (κ3) is 3.35. The predicted octanol–water partition coefficient (Wildman–Crippen LogP) is 4.30. The zero-order chi connectivity index (χ0) is 11.4. The van der Waals surface area contributed by atoms with E-state index in [-0.39, 0.29) is 4.70 Å². The second kappa shape index (κ2) is 6.48. The van der Waals surface area contributed by atoms with Crippen LogP contribution in [0, 0.1) is 0 Å². The molecule has 0 spiro atoms. The lowest BCUT2D eigenvalue weighted by Gasteiger charge is -2.24. The van der Waals surface area contributed by atoms with E-state index < -0.39 is 0 Å². The van der Waals surface area contributed by atoms with Crippen molar-refractivity contribution < 1.29 is 4.70 Å². The highest BCUT2D eigenvalue weighted by Crippen LogP contribution is 2.46.